The molecule has 0 radical (unpaired) electrons. The SMILES string of the molecule is Cn1nc(C(F)(F)F)n(-c2ccc(Nc3ccccc3)cc2)c1=S. The summed E-state index contributed by atoms with van der Waals surface area (Å²) in [7, 11) is 1.39. The molecule has 3 aromatic rings. The van der Waals surface area contributed by atoms with Crippen molar-refractivity contribution in [1.29, 1.82) is 0 Å². The Hall–Kier alpha value is -2.61. The van der Waals surface area contributed by atoms with Gasteiger partial charge in [-0.3, -0.25) is 4.57 Å². The summed E-state index contributed by atoms with van der Waals surface area (Å²) >= 11 is 5.05. The molecule has 0 aliphatic heterocycles. The molecule has 0 aliphatic carbocycles. The average Bonchev–Trinajstić information content (AvgIpc) is 2.85. The third-order valence-electron chi connectivity index (χ3n) is 3.37. The minimum atomic E-state index is -4.59. The molecule has 0 saturated heterocycles. The van der Waals surface area contributed by atoms with Gasteiger partial charge in [0, 0.05) is 18.4 Å². The lowest BCUT2D eigenvalue weighted by atomic mass is 10.2. The molecule has 0 unspecified atom stereocenters. The molecule has 0 bridgehead atoms. The van der Waals surface area contributed by atoms with E-state index in [-0.39, 0.29) is 4.77 Å². The number of alkyl halides is 3. The molecule has 0 aliphatic rings. The first-order valence-corrected chi connectivity index (χ1v) is 7.43. The van der Waals surface area contributed by atoms with Crippen molar-refractivity contribution in [3.8, 4) is 5.69 Å². The number of rotatable bonds is 3. The van der Waals surface area contributed by atoms with Gasteiger partial charge >= 0.3 is 6.18 Å². The summed E-state index contributed by atoms with van der Waals surface area (Å²) in [6.45, 7) is 0. The van der Waals surface area contributed by atoms with Crippen molar-refractivity contribution in [1.82, 2.24) is 14.3 Å². The molecule has 0 saturated carbocycles. The number of aryl methyl sites for hydroxylation is 1. The molecule has 4 nitrogen and oxygen atoms in total. The maximum atomic E-state index is 13.1. The summed E-state index contributed by atoms with van der Waals surface area (Å²) in [5.41, 5.74) is 1.95. The number of nitrogens with zero attached hydrogens (tertiary/aromatic N) is 3. The Morgan fingerprint density at radius 3 is 2.12 bits per heavy atom. The lowest BCUT2D eigenvalue weighted by Crippen LogP contribution is -2.14. The van der Waals surface area contributed by atoms with E-state index < -0.39 is 12.0 Å². The molecule has 1 N–H and O–H groups in total. The zero-order valence-corrected chi connectivity index (χ0v) is 13.4. The molecule has 3 rings (SSSR count). The molecule has 0 fully saturated rings. The van der Waals surface area contributed by atoms with Gasteiger partial charge in [0.05, 0.1) is 5.69 Å². The summed E-state index contributed by atoms with van der Waals surface area (Å²) in [4.78, 5) is 0. The predicted molar refractivity (Wildman–Crippen MR) is 88.1 cm³/mol. The number of halogens is 3. The summed E-state index contributed by atoms with van der Waals surface area (Å²) in [6.07, 6.45) is -4.59. The van der Waals surface area contributed by atoms with Crippen molar-refractivity contribution in [2.24, 2.45) is 7.05 Å². The standard InChI is InChI=1S/C16H13F3N4S/c1-22-15(24)23(14(21-22)16(17,18)19)13-9-7-12(8-10-13)20-11-5-3-2-4-6-11/h2-10,20H,1H3. The lowest BCUT2D eigenvalue weighted by molar-refractivity contribution is -0.146. The smallest absolute Gasteiger partial charge is 0.356 e. The van der Waals surface area contributed by atoms with E-state index in [0.717, 1.165) is 20.6 Å². The summed E-state index contributed by atoms with van der Waals surface area (Å²) in [5, 5.41) is 6.65. The van der Waals surface area contributed by atoms with Crippen LogP contribution in [0.4, 0.5) is 24.5 Å². The Labute approximate surface area is 141 Å². The molecule has 0 amide bonds. The van der Waals surface area contributed by atoms with Crippen LogP contribution in [0.2, 0.25) is 0 Å². The Morgan fingerprint density at radius 1 is 0.958 bits per heavy atom. The minimum absolute atomic E-state index is 0.0221. The van der Waals surface area contributed by atoms with Crippen molar-refractivity contribution in [2.75, 3.05) is 5.32 Å². The highest BCUT2D eigenvalue weighted by molar-refractivity contribution is 7.71. The fourth-order valence-electron chi connectivity index (χ4n) is 2.26. The largest absolute Gasteiger partial charge is 0.452 e. The molecule has 0 spiro atoms. The maximum Gasteiger partial charge on any atom is 0.452 e. The molecule has 0 atom stereocenters. The van der Waals surface area contributed by atoms with Gasteiger partial charge in [-0.25, -0.2) is 4.68 Å². The van der Waals surface area contributed by atoms with Gasteiger partial charge in [0.15, 0.2) is 0 Å². The van der Waals surface area contributed by atoms with Gasteiger partial charge in [0.2, 0.25) is 10.6 Å². The number of hydrogen-bond acceptors (Lipinski definition) is 3. The van der Waals surface area contributed by atoms with Crippen molar-refractivity contribution < 1.29 is 13.2 Å². The second kappa shape index (κ2) is 6.12. The van der Waals surface area contributed by atoms with E-state index in [1.54, 1.807) is 24.3 Å². The van der Waals surface area contributed by atoms with Crippen LogP contribution in [-0.4, -0.2) is 14.3 Å². The van der Waals surface area contributed by atoms with Gasteiger partial charge < -0.3 is 5.32 Å². The van der Waals surface area contributed by atoms with Gasteiger partial charge in [-0.1, -0.05) is 18.2 Å². The molecule has 1 aromatic heterocycles. The Bertz CT molecular complexity index is 896. The second-order valence-corrected chi connectivity index (χ2v) is 5.47. The zero-order chi connectivity index (χ0) is 17.3. The van der Waals surface area contributed by atoms with Crippen LogP contribution < -0.4 is 5.32 Å². The van der Waals surface area contributed by atoms with Crippen molar-refractivity contribution in [3.05, 3.63) is 65.2 Å². The van der Waals surface area contributed by atoms with E-state index in [1.807, 2.05) is 30.3 Å². The van der Waals surface area contributed by atoms with E-state index >= 15 is 0 Å². The topological polar surface area (TPSA) is 34.8 Å². The minimum Gasteiger partial charge on any atom is -0.356 e. The van der Waals surface area contributed by atoms with Crippen LogP contribution in [0.25, 0.3) is 5.69 Å². The molecule has 1 heterocycles. The maximum absolute atomic E-state index is 13.1. The van der Waals surface area contributed by atoms with Crippen molar-refractivity contribution >= 4 is 23.6 Å². The van der Waals surface area contributed by atoms with Gasteiger partial charge in [0.25, 0.3) is 0 Å². The highest BCUT2D eigenvalue weighted by Gasteiger charge is 2.38. The van der Waals surface area contributed by atoms with Crippen LogP contribution in [0.15, 0.2) is 54.6 Å². The average molecular weight is 350 g/mol. The Morgan fingerprint density at radius 2 is 1.54 bits per heavy atom. The fraction of sp³-hybridized carbons (Fsp3) is 0.125. The third kappa shape index (κ3) is 3.18. The molecule has 124 valence electrons. The molecular weight excluding hydrogens is 337 g/mol. The number of anilines is 2. The van der Waals surface area contributed by atoms with Crippen molar-refractivity contribution in [2.45, 2.75) is 6.18 Å². The van der Waals surface area contributed by atoms with Crippen LogP contribution in [0.1, 0.15) is 5.82 Å². The lowest BCUT2D eigenvalue weighted by Gasteiger charge is -2.11. The summed E-state index contributed by atoms with van der Waals surface area (Å²) in [6, 6.07) is 16.0. The summed E-state index contributed by atoms with van der Waals surface area (Å²) < 4.78 is 41.3. The van der Waals surface area contributed by atoms with E-state index in [0.29, 0.717) is 5.69 Å². The molecule has 8 heteroatoms. The second-order valence-electron chi connectivity index (χ2n) is 5.10. The van der Waals surface area contributed by atoms with Crippen LogP contribution in [0.5, 0.6) is 0 Å². The molecule has 2 aromatic carbocycles. The first kappa shape index (κ1) is 16.3. The van der Waals surface area contributed by atoms with Gasteiger partial charge in [0.1, 0.15) is 0 Å². The van der Waals surface area contributed by atoms with Crippen LogP contribution in [0, 0.1) is 4.77 Å². The Kier molecular flexibility index (Phi) is 4.15. The molecular formula is C16H13F3N4S. The van der Waals surface area contributed by atoms with Gasteiger partial charge in [-0.05, 0) is 48.6 Å². The van der Waals surface area contributed by atoms with Crippen LogP contribution in [-0.2, 0) is 13.2 Å². The first-order chi connectivity index (χ1) is 11.4. The van der Waals surface area contributed by atoms with Crippen molar-refractivity contribution in [3.63, 3.8) is 0 Å². The highest BCUT2D eigenvalue weighted by atomic mass is 32.1. The number of para-hydroxylation sites is 1. The Balaban J connectivity index is 1.96. The van der Waals surface area contributed by atoms with Crippen LogP contribution in [0.3, 0.4) is 0 Å². The normalized spacial score (nSPS) is 11.5. The number of nitrogens with one attached hydrogen (secondary N) is 1. The summed E-state index contributed by atoms with van der Waals surface area (Å²) in [5.74, 6) is -1.04. The fourth-order valence-corrected chi connectivity index (χ4v) is 2.50. The van der Waals surface area contributed by atoms with Crippen LogP contribution >= 0.6 is 12.2 Å². The van der Waals surface area contributed by atoms with E-state index in [4.69, 9.17) is 12.2 Å². The number of hydrogen-bond donors (Lipinski definition) is 1. The van der Waals surface area contributed by atoms with E-state index in [2.05, 4.69) is 10.4 Å². The number of benzene rings is 2. The third-order valence-corrected chi connectivity index (χ3v) is 3.81. The zero-order valence-electron chi connectivity index (χ0n) is 12.6. The number of aromatic nitrogens is 3. The van der Waals surface area contributed by atoms with E-state index in [9.17, 15) is 13.2 Å². The predicted octanol–water partition coefficient (Wildman–Crippen LogP) is 4.70. The molecule has 24 heavy (non-hydrogen) atoms. The monoisotopic (exact) mass is 350 g/mol. The quantitative estimate of drug-likeness (QED) is 0.695. The van der Waals surface area contributed by atoms with Gasteiger partial charge in [-0.15, -0.1) is 5.10 Å². The highest BCUT2D eigenvalue weighted by Crippen LogP contribution is 2.30. The first-order valence-electron chi connectivity index (χ1n) is 7.02. The van der Waals surface area contributed by atoms with E-state index in [1.165, 1.54) is 7.05 Å². The van der Waals surface area contributed by atoms with Gasteiger partial charge in [-0.2, -0.15) is 13.2 Å².